The fraction of sp³-hybridized carbons (Fsp3) is 0.600. The van der Waals surface area contributed by atoms with Gasteiger partial charge in [0.15, 0.2) is 0 Å². The zero-order chi connectivity index (χ0) is 13.8. The minimum absolute atomic E-state index is 0.0777. The van der Waals surface area contributed by atoms with Gasteiger partial charge < -0.3 is 10.2 Å². The molecule has 19 heavy (non-hydrogen) atoms. The van der Waals surface area contributed by atoms with E-state index in [1.165, 1.54) is 19.3 Å². The molecule has 1 saturated carbocycles. The van der Waals surface area contributed by atoms with Gasteiger partial charge >= 0.3 is 0 Å². The minimum atomic E-state index is 0.0777. The topological polar surface area (TPSA) is 45.2 Å². The lowest BCUT2D eigenvalue weighted by Crippen LogP contribution is -2.42. The molecule has 104 valence electrons. The summed E-state index contributed by atoms with van der Waals surface area (Å²) in [7, 11) is 3.74. The molecular weight excluding hydrogens is 238 g/mol. The largest absolute Gasteiger partial charge is 0.373 e. The molecule has 0 spiro atoms. The predicted molar refractivity (Wildman–Crippen MR) is 77.3 cm³/mol. The fourth-order valence-corrected chi connectivity index (χ4v) is 2.89. The van der Waals surface area contributed by atoms with Crippen molar-refractivity contribution in [2.24, 2.45) is 5.92 Å². The molecule has 0 aliphatic heterocycles. The van der Waals surface area contributed by atoms with Gasteiger partial charge in [0.05, 0.1) is 5.56 Å². The lowest BCUT2D eigenvalue weighted by Gasteiger charge is -2.36. The molecule has 0 bridgehead atoms. The summed E-state index contributed by atoms with van der Waals surface area (Å²) in [4.78, 5) is 18.6. The molecule has 1 aromatic rings. The molecule has 2 atom stereocenters. The molecule has 1 aliphatic carbocycles. The van der Waals surface area contributed by atoms with E-state index in [-0.39, 0.29) is 5.91 Å². The summed E-state index contributed by atoms with van der Waals surface area (Å²) < 4.78 is 0. The van der Waals surface area contributed by atoms with Gasteiger partial charge in [-0.25, -0.2) is 4.98 Å². The third kappa shape index (κ3) is 3.06. The summed E-state index contributed by atoms with van der Waals surface area (Å²) in [6.45, 7) is 2.25. The zero-order valence-electron chi connectivity index (χ0n) is 12.0. The SMILES string of the molecule is CNc1ccc(C(=O)N(C)C2CCCCC2C)cn1. The summed E-state index contributed by atoms with van der Waals surface area (Å²) in [5.41, 5.74) is 0.666. The number of hydrogen-bond acceptors (Lipinski definition) is 3. The van der Waals surface area contributed by atoms with Crippen molar-refractivity contribution >= 4 is 11.7 Å². The smallest absolute Gasteiger partial charge is 0.255 e. The average molecular weight is 261 g/mol. The standard InChI is InChI=1S/C15H23N3O/c1-11-6-4-5-7-13(11)18(3)15(19)12-8-9-14(16-2)17-10-12/h8-11,13H,4-7H2,1-3H3,(H,16,17). The molecule has 1 amide bonds. The minimum Gasteiger partial charge on any atom is -0.373 e. The van der Waals surface area contributed by atoms with E-state index in [0.29, 0.717) is 17.5 Å². The Balaban J connectivity index is 2.08. The van der Waals surface area contributed by atoms with Gasteiger partial charge in [0.1, 0.15) is 5.82 Å². The molecule has 1 fully saturated rings. The van der Waals surface area contributed by atoms with Crippen LogP contribution in [0.25, 0.3) is 0 Å². The van der Waals surface area contributed by atoms with Gasteiger partial charge in [-0.05, 0) is 30.9 Å². The monoisotopic (exact) mass is 261 g/mol. The number of hydrogen-bond donors (Lipinski definition) is 1. The summed E-state index contributed by atoms with van der Waals surface area (Å²) in [5.74, 6) is 1.45. The van der Waals surface area contributed by atoms with E-state index in [1.54, 1.807) is 6.20 Å². The Labute approximate surface area is 115 Å². The van der Waals surface area contributed by atoms with Crippen LogP contribution in [0.5, 0.6) is 0 Å². The van der Waals surface area contributed by atoms with Crippen molar-refractivity contribution in [3.8, 4) is 0 Å². The lowest BCUT2D eigenvalue weighted by molar-refractivity contribution is 0.0628. The van der Waals surface area contributed by atoms with E-state index in [0.717, 1.165) is 12.2 Å². The molecule has 2 rings (SSSR count). The lowest BCUT2D eigenvalue weighted by atomic mass is 9.85. The van der Waals surface area contributed by atoms with Crippen LogP contribution >= 0.6 is 0 Å². The van der Waals surface area contributed by atoms with Crippen molar-refractivity contribution in [3.63, 3.8) is 0 Å². The van der Waals surface area contributed by atoms with Crippen molar-refractivity contribution in [1.29, 1.82) is 0 Å². The van der Waals surface area contributed by atoms with Crippen LogP contribution in [0.15, 0.2) is 18.3 Å². The van der Waals surface area contributed by atoms with Crippen LogP contribution in [0, 0.1) is 5.92 Å². The number of anilines is 1. The van der Waals surface area contributed by atoms with Gasteiger partial charge in [0.25, 0.3) is 5.91 Å². The highest BCUT2D eigenvalue weighted by Crippen LogP contribution is 2.28. The highest BCUT2D eigenvalue weighted by Gasteiger charge is 2.28. The second-order valence-electron chi connectivity index (χ2n) is 5.43. The normalized spacial score (nSPS) is 22.9. The van der Waals surface area contributed by atoms with Gasteiger partial charge in [-0.3, -0.25) is 4.79 Å². The Kier molecular flexibility index (Phi) is 4.40. The quantitative estimate of drug-likeness (QED) is 0.910. The third-order valence-electron chi connectivity index (χ3n) is 4.15. The summed E-state index contributed by atoms with van der Waals surface area (Å²) in [6, 6.07) is 4.04. The molecule has 0 saturated heterocycles. The van der Waals surface area contributed by atoms with Crippen molar-refractivity contribution in [1.82, 2.24) is 9.88 Å². The molecule has 1 aromatic heterocycles. The Morgan fingerprint density at radius 2 is 2.11 bits per heavy atom. The second-order valence-corrected chi connectivity index (χ2v) is 5.43. The second kappa shape index (κ2) is 6.04. The summed E-state index contributed by atoms with van der Waals surface area (Å²) in [5, 5.41) is 2.96. The molecule has 4 heteroatoms. The zero-order valence-corrected chi connectivity index (χ0v) is 12.0. The first kappa shape index (κ1) is 13.8. The number of nitrogens with one attached hydrogen (secondary N) is 1. The maximum Gasteiger partial charge on any atom is 0.255 e. The van der Waals surface area contributed by atoms with Crippen LogP contribution in [0.3, 0.4) is 0 Å². The third-order valence-corrected chi connectivity index (χ3v) is 4.15. The molecule has 1 heterocycles. The summed E-state index contributed by atoms with van der Waals surface area (Å²) in [6.07, 6.45) is 6.50. The molecule has 1 aliphatic rings. The average Bonchev–Trinajstić information content (AvgIpc) is 2.46. The van der Waals surface area contributed by atoms with Gasteiger partial charge in [0.2, 0.25) is 0 Å². The molecule has 2 unspecified atom stereocenters. The highest BCUT2D eigenvalue weighted by atomic mass is 16.2. The Morgan fingerprint density at radius 1 is 1.37 bits per heavy atom. The van der Waals surface area contributed by atoms with E-state index in [1.807, 2.05) is 31.1 Å². The Morgan fingerprint density at radius 3 is 2.68 bits per heavy atom. The van der Waals surface area contributed by atoms with Crippen LogP contribution in [0.2, 0.25) is 0 Å². The maximum absolute atomic E-state index is 12.5. The first-order chi connectivity index (χ1) is 9.13. The van der Waals surface area contributed by atoms with E-state index in [9.17, 15) is 4.79 Å². The number of aromatic nitrogens is 1. The van der Waals surface area contributed by atoms with Crippen LogP contribution in [-0.2, 0) is 0 Å². The van der Waals surface area contributed by atoms with Crippen LogP contribution < -0.4 is 5.32 Å². The predicted octanol–water partition coefficient (Wildman–Crippen LogP) is 2.77. The molecule has 0 radical (unpaired) electrons. The fourth-order valence-electron chi connectivity index (χ4n) is 2.89. The van der Waals surface area contributed by atoms with Crippen molar-refractivity contribution < 1.29 is 4.79 Å². The number of carbonyl (C=O) groups excluding carboxylic acids is 1. The van der Waals surface area contributed by atoms with E-state index in [4.69, 9.17) is 0 Å². The van der Waals surface area contributed by atoms with E-state index >= 15 is 0 Å². The van der Waals surface area contributed by atoms with Gasteiger partial charge in [-0.2, -0.15) is 0 Å². The van der Waals surface area contributed by atoms with Gasteiger partial charge in [0, 0.05) is 26.3 Å². The van der Waals surface area contributed by atoms with Crippen LogP contribution in [0.4, 0.5) is 5.82 Å². The van der Waals surface area contributed by atoms with E-state index < -0.39 is 0 Å². The molecule has 4 nitrogen and oxygen atoms in total. The van der Waals surface area contributed by atoms with Gasteiger partial charge in [-0.1, -0.05) is 19.8 Å². The van der Waals surface area contributed by atoms with Crippen LogP contribution in [-0.4, -0.2) is 35.9 Å². The first-order valence-corrected chi connectivity index (χ1v) is 7.04. The highest BCUT2D eigenvalue weighted by molar-refractivity contribution is 5.94. The van der Waals surface area contributed by atoms with Gasteiger partial charge in [-0.15, -0.1) is 0 Å². The van der Waals surface area contributed by atoms with Crippen LogP contribution in [0.1, 0.15) is 43.0 Å². The van der Waals surface area contributed by atoms with Crippen molar-refractivity contribution in [2.75, 3.05) is 19.4 Å². The number of carbonyl (C=O) groups is 1. The molecular formula is C15H23N3O. The molecule has 0 aromatic carbocycles. The van der Waals surface area contributed by atoms with Crippen molar-refractivity contribution in [3.05, 3.63) is 23.9 Å². The first-order valence-electron chi connectivity index (χ1n) is 7.04. The number of pyridine rings is 1. The number of rotatable bonds is 3. The number of nitrogens with zero attached hydrogens (tertiary/aromatic N) is 2. The maximum atomic E-state index is 12.5. The number of amides is 1. The molecule has 1 N–H and O–H groups in total. The van der Waals surface area contributed by atoms with Crippen molar-refractivity contribution in [2.45, 2.75) is 38.6 Å². The van der Waals surface area contributed by atoms with E-state index in [2.05, 4.69) is 17.2 Å². The Bertz CT molecular complexity index is 430. The Hall–Kier alpha value is -1.58. The summed E-state index contributed by atoms with van der Waals surface area (Å²) >= 11 is 0.